The molecule has 0 saturated carbocycles. The van der Waals surface area contributed by atoms with Crippen LogP contribution in [0.2, 0.25) is 0 Å². The van der Waals surface area contributed by atoms with Crippen molar-refractivity contribution in [2.75, 3.05) is 5.32 Å². The fourth-order valence-corrected chi connectivity index (χ4v) is 3.28. The fraction of sp³-hybridized carbons (Fsp3) is 0.211. The van der Waals surface area contributed by atoms with E-state index < -0.39 is 0 Å². The first kappa shape index (κ1) is 13.1. The first-order valence-electron chi connectivity index (χ1n) is 7.69. The molecule has 2 N–H and O–H groups in total. The number of hydrogen-bond acceptors (Lipinski definition) is 3. The van der Waals surface area contributed by atoms with E-state index >= 15 is 0 Å². The van der Waals surface area contributed by atoms with Crippen LogP contribution >= 0.6 is 0 Å². The Hall–Kier alpha value is -2.55. The molecule has 1 aliphatic rings. The quantitative estimate of drug-likeness (QED) is 0.684. The van der Waals surface area contributed by atoms with Gasteiger partial charge in [-0.3, -0.25) is 4.98 Å². The molecule has 2 aromatic carbocycles. The molecule has 0 spiro atoms. The van der Waals surface area contributed by atoms with E-state index in [4.69, 9.17) is 4.98 Å². The fourth-order valence-electron chi connectivity index (χ4n) is 3.28. The smallest absolute Gasteiger partial charge is 0.115 e. The van der Waals surface area contributed by atoms with E-state index in [9.17, 15) is 5.11 Å². The molecule has 1 aromatic heterocycles. The van der Waals surface area contributed by atoms with Crippen molar-refractivity contribution >= 4 is 22.3 Å². The number of nitrogens with zero attached hydrogens (tertiary/aromatic N) is 1. The molecule has 0 atom stereocenters. The molecule has 0 fully saturated rings. The van der Waals surface area contributed by atoms with Crippen LogP contribution in [-0.2, 0) is 12.8 Å². The standard InChI is InChI=1S/C19H18N2O/c1-12-11-13(22)9-10-16(12)21-19-14-5-2-3-7-17(14)20-18-8-4-6-15(18)19/h2-3,5,7,9-11,22H,4,6,8H2,1H3,(H,20,21). The Bertz CT molecular complexity index is 871. The highest BCUT2D eigenvalue weighted by Crippen LogP contribution is 2.36. The van der Waals surface area contributed by atoms with E-state index in [1.54, 1.807) is 12.1 Å². The van der Waals surface area contributed by atoms with Crippen LogP contribution in [0.25, 0.3) is 10.9 Å². The number of phenolic OH excluding ortho intramolecular Hbond substituents is 1. The van der Waals surface area contributed by atoms with Gasteiger partial charge in [0.1, 0.15) is 5.75 Å². The number of aromatic nitrogens is 1. The van der Waals surface area contributed by atoms with Crippen molar-refractivity contribution in [2.24, 2.45) is 0 Å². The number of hydrogen-bond donors (Lipinski definition) is 2. The first-order valence-corrected chi connectivity index (χ1v) is 7.69. The van der Waals surface area contributed by atoms with Crippen molar-refractivity contribution in [2.45, 2.75) is 26.2 Å². The molecule has 4 rings (SSSR count). The monoisotopic (exact) mass is 290 g/mol. The second-order valence-corrected chi connectivity index (χ2v) is 5.91. The predicted octanol–water partition coefficient (Wildman–Crippen LogP) is 4.48. The zero-order chi connectivity index (χ0) is 15.1. The van der Waals surface area contributed by atoms with Gasteiger partial charge in [-0.1, -0.05) is 18.2 Å². The first-order chi connectivity index (χ1) is 10.7. The third-order valence-electron chi connectivity index (χ3n) is 4.39. The number of pyridine rings is 1. The van der Waals surface area contributed by atoms with Gasteiger partial charge in [0, 0.05) is 16.8 Å². The van der Waals surface area contributed by atoms with E-state index in [-0.39, 0.29) is 0 Å². The molecule has 0 amide bonds. The second-order valence-electron chi connectivity index (χ2n) is 5.91. The lowest BCUT2D eigenvalue weighted by Gasteiger charge is -2.16. The predicted molar refractivity (Wildman–Crippen MR) is 89.9 cm³/mol. The number of nitrogens with one attached hydrogen (secondary N) is 1. The summed E-state index contributed by atoms with van der Waals surface area (Å²) in [5.41, 5.74) is 6.84. The van der Waals surface area contributed by atoms with E-state index in [0.29, 0.717) is 5.75 Å². The number of benzene rings is 2. The van der Waals surface area contributed by atoms with Gasteiger partial charge in [-0.15, -0.1) is 0 Å². The zero-order valence-corrected chi connectivity index (χ0v) is 12.6. The summed E-state index contributed by atoms with van der Waals surface area (Å²) in [6.45, 7) is 2.01. The van der Waals surface area contributed by atoms with Crippen LogP contribution in [0.5, 0.6) is 5.75 Å². The average Bonchev–Trinajstić information content (AvgIpc) is 2.97. The zero-order valence-electron chi connectivity index (χ0n) is 12.6. The molecule has 0 radical (unpaired) electrons. The highest BCUT2D eigenvalue weighted by atomic mass is 16.3. The topological polar surface area (TPSA) is 45.1 Å². The molecule has 22 heavy (non-hydrogen) atoms. The molecular formula is C19H18N2O. The Morgan fingerprint density at radius 2 is 1.95 bits per heavy atom. The lowest BCUT2D eigenvalue weighted by molar-refractivity contribution is 0.475. The van der Waals surface area contributed by atoms with Gasteiger partial charge in [0.25, 0.3) is 0 Å². The summed E-state index contributed by atoms with van der Waals surface area (Å²) in [7, 11) is 0. The minimum atomic E-state index is 0.299. The highest BCUT2D eigenvalue weighted by Gasteiger charge is 2.19. The minimum Gasteiger partial charge on any atom is -0.508 e. The molecule has 0 saturated heterocycles. The number of anilines is 2. The van der Waals surface area contributed by atoms with Crippen molar-refractivity contribution in [3.8, 4) is 5.75 Å². The molecule has 3 nitrogen and oxygen atoms in total. The second kappa shape index (κ2) is 5.02. The maximum absolute atomic E-state index is 9.59. The van der Waals surface area contributed by atoms with Crippen molar-refractivity contribution in [1.82, 2.24) is 4.98 Å². The Kier molecular flexibility index (Phi) is 3.00. The summed E-state index contributed by atoms with van der Waals surface area (Å²) in [4.78, 5) is 4.81. The summed E-state index contributed by atoms with van der Waals surface area (Å²) in [5.74, 6) is 0.299. The van der Waals surface area contributed by atoms with Gasteiger partial charge in [-0.2, -0.15) is 0 Å². The van der Waals surface area contributed by atoms with Crippen LogP contribution in [0, 0.1) is 6.92 Å². The van der Waals surface area contributed by atoms with Crippen LogP contribution in [-0.4, -0.2) is 10.1 Å². The third-order valence-corrected chi connectivity index (χ3v) is 4.39. The van der Waals surface area contributed by atoms with E-state index in [1.165, 1.54) is 23.4 Å². The summed E-state index contributed by atoms with van der Waals surface area (Å²) >= 11 is 0. The number of fused-ring (bicyclic) bond motifs is 2. The SMILES string of the molecule is Cc1cc(O)ccc1Nc1c2c(nc3ccccc13)CCC2. The van der Waals surface area contributed by atoms with Gasteiger partial charge < -0.3 is 10.4 Å². The molecular weight excluding hydrogens is 272 g/mol. The number of para-hydroxylation sites is 1. The molecule has 1 aliphatic carbocycles. The van der Waals surface area contributed by atoms with Gasteiger partial charge in [-0.05, 0) is 61.6 Å². The largest absolute Gasteiger partial charge is 0.508 e. The van der Waals surface area contributed by atoms with Crippen LogP contribution in [0.3, 0.4) is 0 Å². The van der Waals surface area contributed by atoms with Gasteiger partial charge in [0.2, 0.25) is 0 Å². The normalized spacial score (nSPS) is 13.3. The molecule has 0 bridgehead atoms. The Morgan fingerprint density at radius 3 is 2.82 bits per heavy atom. The van der Waals surface area contributed by atoms with Crippen LogP contribution < -0.4 is 5.32 Å². The van der Waals surface area contributed by atoms with E-state index in [2.05, 4.69) is 23.5 Å². The maximum Gasteiger partial charge on any atom is 0.115 e. The van der Waals surface area contributed by atoms with Gasteiger partial charge in [0.05, 0.1) is 11.2 Å². The number of aryl methyl sites for hydroxylation is 2. The Morgan fingerprint density at radius 1 is 1.09 bits per heavy atom. The molecule has 110 valence electrons. The van der Waals surface area contributed by atoms with Crippen molar-refractivity contribution in [1.29, 1.82) is 0 Å². The summed E-state index contributed by atoms with van der Waals surface area (Å²) < 4.78 is 0. The molecule has 0 aliphatic heterocycles. The van der Waals surface area contributed by atoms with Crippen LogP contribution in [0.15, 0.2) is 42.5 Å². The summed E-state index contributed by atoms with van der Waals surface area (Å²) in [6, 6.07) is 13.7. The number of aromatic hydroxyl groups is 1. The van der Waals surface area contributed by atoms with Crippen molar-refractivity contribution in [3.05, 3.63) is 59.3 Å². The van der Waals surface area contributed by atoms with Gasteiger partial charge in [-0.25, -0.2) is 0 Å². The summed E-state index contributed by atoms with van der Waals surface area (Å²) in [5, 5.41) is 14.3. The maximum atomic E-state index is 9.59. The molecule has 3 heteroatoms. The van der Waals surface area contributed by atoms with Crippen molar-refractivity contribution in [3.63, 3.8) is 0 Å². The van der Waals surface area contributed by atoms with E-state index in [0.717, 1.165) is 35.0 Å². The van der Waals surface area contributed by atoms with Crippen LogP contribution in [0.1, 0.15) is 23.2 Å². The van der Waals surface area contributed by atoms with Crippen molar-refractivity contribution < 1.29 is 5.11 Å². The highest BCUT2D eigenvalue weighted by molar-refractivity contribution is 5.95. The Balaban J connectivity index is 1.90. The van der Waals surface area contributed by atoms with Gasteiger partial charge in [0.15, 0.2) is 0 Å². The van der Waals surface area contributed by atoms with E-state index in [1.807, 2.05) is 19.1 Å². The Labute approximate surface area is 129 Å². The molecule has 0 unspecified atom stereocenters. The van der Waals surface area contributed by atoms with Crippen LogP contribution in [0.4, 0.5) is 11.4 Å². The average molecular weight is 290 g/mol. The number of rotatable bonds is 2. The molecule has 3 aromatic rings. The third kappa shape index (κ3) is 2.10. The molecule has 1 heterocycles. The van der Waals surface area contributed by atoms with Gasteiger partial charge >= 0.3 is 0 Å². The minimum absolute atomic E-state index is 0.299. The summed E-state index contributed by atoms with van der Waals surface area (Å²) in [6.07, 6.45) is 3.30. The lowest BCUT2D eigenvalue weighted by Crippen LogP contribution is -2.01. The lowest BCUT2D eigenvalue weighted by atomic mass is 10.1. The number of phenols is 1.